The molecule has 3 aromatic rings. The molecule has 5 heteroatoms. The summed E-state index contributed by atoms with van der Waals surface area (Å²) in [6, 6.07) is 18.8. The van der Waals surface area contributed by atoms with Crippen molar-refractivity contribution in [3.05, 3.63) is 60.2 Å². The molecule has 0 amide bonds. The number of nitrogens with zero attached hydrogens (tertiary/aromatic N) is 3. The average Bonchev–Trinajstić information content (AvgIpc) is 2.83. The van der Waals surface area contributed by atoms with E-state index in [4.69, 9.17) is 0 Å². The van der Waals surface area contributed by atoms with Gasteiger partial charge in [-0.05, 0) is 33.7 Å². The summed E-state index contributed by atoms with van der Waals surface area (Å²) in [4.78, 5) is 0. The minimum atomic E-state index is -0.704. The van der Waals surface area contributed by atoms with E-state index in [0.717, 1.165) is 5.69 Å². The Morgan fingerprint density at radius 3 is 2.52 bits per heavy atom. The first-order valence-electron chi connectivity index (χ1n) is 6.70. The number of hydrogen-bond acceptors (Lipinski definition) is 2. The Balaban J connectivity index is 1.91. The lowest BCUT2D eigenvalue weighted by atomic mass is 10.2. The molecule has 3 nitrogen and oxygen atoms in total. The number of rotatable bonds is 1. The Kier molecular flexibility index (Phi) is 3.09. The summed E-state index contributed by atoms with van der Waals surface area (Å²) >= 11 is 3.88. The molecule has 0 saturated heterocycles. The SMILES string of the molecule is Cn1c2c(c3ccccc31)C=NN(c1ccccc1)P2Br. The highest BCUT2D eigenvalue weighted by Gasteiger charge is 2.29. The van der Waals surface area contributed by atoms with Crippen molar-refractivity contribution in [1.82, 2.24) is 4.57 Å². The second-order valence-electron chi connectivity index (χ2n) is 4.94. The lowest BCUT2D eigenvalue weighted by Crippen LogP contribution is -2.25. The summed E-state index contributed by atoms with van der Waals surface area (Å²) in [5, 5.41) is 5.92. The molecule has 0 fully saturated rings. The molecule has 1 aromatic heterocycles. The van der Waals surface area contributed by atoms with Gasteiger partial charge >= 0.3 is 0 Å². The molecular weight excluding hydrogens is 345 g/mol. The lowest BCUT2D eigenvalue weighted by Gasteiger charge is -2.28. The van der Waals surface area contributed by atoms with Gasteiger partial charge in [-0.15, -0.1) is 0 Å². The maximum atomic E-state index is 4.66. The molecule has 0 N–H and O–H groups in total. The van der Waals surface area contributed by atoms with Gasteiger partial charge in [-0.25, -0.2) is 4.78 Å². The molecule has 1 aliphatic heterocycles. The van der Waals surface area contributed by atoms with Gasteiger partial charge < -0.3 is 4.57 Å². The van der Waals surface area contributed by atoms with E-state index >= 15 is 0 Å². The van der Waals surface area contributed by atoms with Crippen molar-refractivity contribution in [3.63, 3.8) is 0 Å². The molecule has 0 aliphatic carbocycles. The van der Waals surface area contributed by atoms with Gasteiger partial charge in [-0.2, -0.15) is 5.10 Å². The molecule has 2 aromatic carbocycles. The van der Waals surface area contributed by atoms with Crippen LogP contribution in [-0.2, 0) is 7.05 Å². The number of aromatic nitrogens is 1. The number of benzene rings is 2. The van der Waals surface area contributed by atoms with Crippen molar-refractivity contribution in [2.75, 3.05) is 4.78 Å². The number of hydrazone groups is 1. The first-order valence-corrected chi connectivity index (χ1v) is 10.0. The van der Waals surface area contributed by atoms with Gasteiger partial charge in [-0.3, -0.25) is 0 Å². The fraction of sp³-hybridized carbons (Fsp3) is 0.0625. The highest BCUT2D eigenvalue weighted by molar-refractivity contribution is 9.40. The van der Waals surface area contributed by atoms with E-state index < -0.39 is 6.77 Å². The van der Waals surface area contributed by atoms with Crippen LogP contribution in [0.5, 0.6) is 0 Å². The van der Waals surface area contributed by atoms with Crippen molar-refractivity contribution >= 4 is 50.5 Å². The second kappa shape index (κ2) is 4.97. The summed E-state index contributed by atoms with van der Waals surface area (Å²) in [5.41, 5.74) is 4.87. The van der Waals surface area contributed by atoms with Crippen LogP contribution in [-0.4, -0.2) is 10.8 Å². The van der Waals surface area contributed by atoms with Gasteiger partial charge in [-0.1, -0.05) is 36.4 Å². The van der Waals surface area contributed by atoms with Gasteiger partial charge in [0, 0.05) is 23.5 Å². The number of hydrogen-bond donors (Lipinski definition) is 0. The third-order valence-electron chi connectivity index (χ3n) is 3.74. The maximum Gasteiger partial charge on any atom is 0.136 e. The Labute approximate surface area is 132 Å². The number of para-hydroxylation sites is 2. The van der Waals surface area contributed by atoms with Crippen molar-refractivity contribution in [2.24, 2.45) is 12.1 Å². The van der Waals surface area contributed by atoms with Gasteiger partial charge in [0.05, 0.1) is 17.3 Å². The molecule has 0 bridgehead atoms. The summed E-state index contributed by atoms with van der Waals surface area (Å²) in [5.74, 6) is 0. The van der Waals surface area contributed by atoms with Crippen LogP contribution in [0, 0.1) is 0 Å². The van der Waals surface area contributed by atoms with Crippen molar-refractivity contribution in [2.45, 2.75) is 0 Å². The lowest BCUT2D eigenvalue weighted by molar-refractivity contribution is 0.998. The van der Waals surface area contributed by atoms with Crippen LogP contribution in [0.25, 0.3) is 10.9 Å². The fourth-order valence-corrected chi connectivity index (χ4v) is 6.21. The molecule has 2 heterocycles. The minimum absolute atomic E-state index is 0.704. The van der Waals surface area contributed by atoms with E-state index in [1.165, 1.54) is 21.9 Å². The summed E-state index contributed by atoms with van der Waals surface area (Å²) in [6.45, 7) is -0.704. The molecule has 1 aliphatic rings. The van der Waals surface area contributed by atoms with Crippen LogP contribution >= 0.6 is 22.3 Å². The Hall–Kier alpha value is -1.64. The van der Waals surface area contributed by atoms with Gasteiger partial charge in [0.25, 0.3) is 0 Å². The Bertz CT molecular complexity index is 841. The highest BCUT2D eigenvalue weighted by atomic mass is 79.9. The molecular formula is C16H13BrN3P. The highest BCUT2D eigenvalue weighted by Crippen LogP contribution is 2.52. The van der Waals surface area contributed by atoms with E-state index in [1.54, 1.807) is 0 Å². The summed E-state index contributed by atoms with van der Waals surface area (Å²) < 4.78 is 4.34. The quantitative estimate of drug-likeness (QED) is 0.592. The molecule has 104 valence electrons. The van der Waals surface area contributed by atoms with Crippen LogP contribution in [0.15, 0.2) is 59.7 Å². The number of halogens is 1. The largest absolute Gasteiger partial charge is 0.341 e. The van der Waals surface area contributed by atoms with E-state index in [-0.39, 0.29) is 0 Å². The number of anilines is 1. The van der Waals surface area contributed by atoms with Crippen molar-refractivity contribution < 1.29 is 0 Å². The standard InChI is InChI=1S/C16H13BrN3P/c1-19-15-10-6-5-9-13(15)14-11-18-20(21(17)16(14)19)12-7-3-2-4-8-12/h2-11H,1H3. The van der Waals surface area contributed by atoms with Crippen LogP contribution < -0.4 is 10.2 Å². The number of fused-ring (bicyclic) bond motifs is 3. The molecule has 1 atom stereocenters. The van der Waals surface area contributed by atoms with Crippen LogP contribution in [0.3, 0.4) is 0 Å². The zero-order valence-electron chi connectivity index (χ0n) is 11.4. The Morgan fingerprint density at radius 2 is 1.71 bits per heavy atom. The predicted octanol–water partition coefficient (Wildman–Crippen LogP) is 4.36. The van der Waals surface area contributed by atoms with Crippen LogP contribution in [0.2, 0.25) is 0 Å². The minimum Gasteiger partial charge on any atom is -0.341 e. The van der Waals surface area contributed by atoms with E-state index in [9.17, 15) is 0 Å². The summed E-state index contributed by atoms with van der Waals surface area (Å²) in [7, 11) is 2.13. The fourth-order valence-electron chi connectivity index (χ4n) is 2.74. The van der Waals surface area contributed by atoms with Crippen LogP contribution in [0.4, 0.5) is 5.69 Å². The topological polar surface area (TPSA) is 20.5 Å². The summed E-state index contributed by atoms with van der Waals surface area (Å²) in [6.07, 6.45) is 1.98. The van der Waals surface area contributed by atoms with Crippen molar-refractivity contribution in [3.8, 4) is 0 Å². The molecule has 0 radical (unpaired) electrons. The molecule has 4 rings (SSSR count). The second-order valence-corrected chi connectivity index (χ2v) is 8.28. The molecule has 21 heavy (non-hydrogen) atoms. The van der Waals surface area contributed by atoms with E-state index in [1.807, 2.05) is 24.4 Å². The van der Waals surface area contributed by atoms with E-state index in [0.29, 0.717) is 0 Å². The first kappa shape index (κ1) is 13.1. The maximum absolute atomic E-state index is 4.66. The van der Waals surface area contributed by atoms with Crippen LogP contribution in [0.1, 0.15) is 5.56 Å². The molecule has 0 spiro atoms. The number of aryl methyl sites for hydroxylation is 1. The zero-order chi connectivity index (χ0) is 14.4. The first-order chi connectivity index (χ1) is 10.3. The van der Waals surface area contributed by atoms with E-state index in [2.05, 4.69) is 73.4 Å². The molecule has 0 saturated carbocycles. The third-order valence-corrected chi connectivity index (χ3v) is 7.21. The normalized spacial score (nSPS) is 17.2. The van der Waals surface area contributed by atoms with Gasteiger partial charge in [0.15, 0.2) is 0 Å². The van der Waals surface area contributed by atoms with Gasteiger partial charge in [0.2, 0.25) is 0 Å². The molecule has 1 unspecified atom stereocenters. The van der Waals surface area contributed by atoms with Crippen molar-refractivity contribution in [1.29, 1.82) is 0 Å². The average molecular weight is 358 g/mol. The predicted molar refractivity (Wildman–Crippen MR) is 94.9 cm³/mol. The Morgan fingerprint density at radius 1 is 1.00 bits per heavy atom. The van der Waals surface area contributed by atoms with Gasteiger partial charge in [0.1, 0.15) is 6.77 Å². The third kappa shape index (κ3) is 1.94. The monoisotopic (exact) mass is 357 g/mol. The smallest absolute Gasteiger partial charge is 0.136 e. The zero-order valence-corrected chi connectivity index (χ0v) is 13.9.